The SMILES string of the molecule is CCOC(=O)N1CCc2c(sc3c2C(=O)N[C@H](c2cc4c(cc2[N+](=O)[O-])OCO4)N3)C1. The maximum absolute atomic E-state index is 13.0. The first-order chi connectivity index (χ1) is 15.0. The van der Waals surface area contributed by atoms with Gasteiger partial charge in [-0.3, -0.25) is 14.9 Å². The monoisotopic (exact) mass is 446 g/mol. The summed E-state index contributed by atoms with van der Waals surface area (Å²) in [5, 5.41) is 18.3. The Hall–Kier alpha value is -3.54. The Kier molecular flexibility index (Phi) is 4.58. The summed E-state index contributed by atoms with van der Waals surface area (Å²) in [6.07, 6.45) is -0.661. The molecule has 2 amide bonds. The van der Waals surface area contributed by atoms with Crippen molar-refractivity contribution in [2.45, 2.75) is 26.1 Å². The number of nitro groups is 1. The second-order valence-corrected chi connectivity index (χ2v) is 8.26. The van der Waals surface area contributed by atoms with Crippen LogP contribution in [0, 0.1) is 10.1 Å². The van der Waals surface area contributed by atoms with Crippen LogP contribution in [0.4, 0.5) is 15.5 Å². The van der Waals surface area contributed by atoms with Crippen LogP contribution in [0.2, 0.25) is 0 Å². The highest BCUT2D eigenvalue weighted by atomic mass is 32.1. The summed E-state index contributed by atoms with van der Waals surface area (Å²) in [4.78, 5) is 38.6. The molecule has 4 heterocycles. The number of ether oxygens (including phenoxy) is 3. The summed E-state index contributed by atoms with van der Waals surface area (Å²) in [7, 11) is 0. The van der Waals surface area contributed by atoms with Gasteiger partial charge in [0.2, 0.25) is 6.79 Å². The number of nitrogens with one attached hydrogen (secondary N) is 2. The van der Waals surface area contributed by atoms with Crippen LogP contribution >= 0.6 is 11.3 Å². The summed E-state index contributed by atoms with van der Waals surface area (Å²) in [6, 6.07) is 2.82. The highest BCUT2D eigenvalue weighted by Gasteiger charge is 2.37. The van der Waals surface area contributed by atoms with Crippen molar-refractivity contribution >= 4 is 34.0 Å². The second kappa shape index (κ2) is 7.30. The van der Waals surface area contributed by atoms with Crippen LogP contribution in [0.25, 0.3) is 0 Å². The molecule has 0 fully saturated rings. The molecular formula is C19H18N4O7S. The molecule has 0 saturated carbocycles. The molecule has 0 spiro atoms. The fourth-order valence-electron chi connectivity index (χ4n) is 3.98. The van der Waals surface area contributed by atoms with Crippen molar-refractivity contribution in [3.63, 3.8) is 0 Å². The minimum absolute atomic E-state index is 0.0147. The lowest BCUT2D eigenvalue weighted by atomic mass is 10.00. The highest BCUT2D eigenvalue weighted by Crippen LogP contribution is 2.44. The number of hydrogen-bond acceptors (Lipinski definition) is 9. The molecule has 2 N–H and O–H groups in total. The number of nitrogens with zero attached hydrogens (tertiary/aromatic N) is 2. The Morgan fingerprint density at radius 3 is 2.87 bits per heavy atom. The third kappa shape index (κ3) is 3.19. The van der Waals surface area contributed by atoms with Gasteiger partial charge in [-0.2, -0.15) is 0 Å². The number of carbonyl (C=O) groups is 2. The van der Waals surface area contributed by atoms with Crippen molar-refractivity contribution in [2.75, 3.05) is 25.3 Å². The zero-order chi connectivity index (χ0) is 21.7. The van der Waals surface area contributed by atoms with Crippen molar-refractivity contribution in [1.29, 1.82) is 0 Å². The Balaban J connectivity index is 1.47. The zero-order valence-electron chi connectivity index (χ0n) is 16.4. The van der Waals surface area contributed by atoms with Gasteiger partial charge in [-0.1, -0.05) is 0 Å². The zero-order valence-corrected chi connectivity index (χ0v) is 17.2. The number of rotatable bonds is 3. The average molecular weight is 446 g/mol. The predicted molar refractivity (Wildman–Crippen MR) is 109 cm³/mol. The minimum Gasteiger partial charge on any atom is -0.454 e. The normalized spacial score (nSPS) is 18.5. The molecule has 12 heteroatoms. The molecule has 0 saturated heterocycles. The van der Waals surface area contributed by atoms with Crippen LogP contribution in [-0.2, 0) is 17.7 Å². The van der Waals surface area contributed by atoms with E-state index < -0.39 is 11.1 Å². The first-order valence-electron chi connectivity index (χ1n) is 9.67. The van der Waals surface area contributed by atoms with E-state index in [0.29, 0.717) is 48.2 Å². The summed E-state index contributed by atoms with van der Waals surface area (Å²) < 4.78 is 15.7. The molecule has 31 heavy (non-hydrogen) atoms. The third-order valence-corrected chi connectivity index (χ3v) is 6.54. The van der Waals surface area contributed by atoms with E-state index in [4.69, 9.17) is 14.2 Å². The van der Waals surface area contributed by atoms with E-state index in [1.54, 1.807) is 11.8 Å². The van der Waals surface area contributed by atoms with Crippen LogP contribution in [0.5, 0.6) is 11.5 Å². The molecule has 162 valence electrons. The van der Waals surface area contributed by atoms with Gasteiger partial charge >= 0.3 is 6.09 Å². The Morgan fingerprint density at radius 2 is 2.13 bits per heavy atom. The molecule has 1 aromatic heterocycles. The van der Waals surface area contributed by atoms with E-state index in [-0.39, 0.29) is 30.0 Å². The Labute approximate surface area is 180 Å². The first-order valence-corrected chi connectivity index (χ1v) is 10.5. The van der Waals surface area contributed by atoms with Crippen LogP contribution in [0.1, 0.15) is 39.5 Å². The van der Waals surface area contributed by atoms with Gasteiger partial charge in [0.25, 0.3) is 11.6 Å². The largest absolute Gasteiger partial charge is 0.454 e. The summed E-state index contributed by atoms with van der Waals surface area (Å²) >= 11 is 1.37. The molecular weight excluding hydrogens is 428 g/mol. The number of carbonyl (C=O) groups excluding carboxylic acids is 2. The van der Waals surface area contributed by atoms with Crippen molar-refractivity contribution in [3.8, 4) is 11.5 Å². The number of nitro benzene ring substituents is 1. The van der Waals surface area contributed by atoms with Crippen molar-refractivity contribution in [1.82, 2.24) is 10.2 Å². The van der Waals surface area contributed by atoms with E-state index in [1.165, 1.54) is 23.5 Å². The maximum atomic E-state index is 13.0. The minimum atomic E-state index is -0.809. The van der Waals surface area contributed by atoms with Gasteiger partial charge in [-0.05, 0) is 25.0 Å². The van der Waals surface area contributed by atoms with E-state index >= 15 is 0 Å². The fraction of sp³-hybridized carbons (Fsp3) is 0.368. The summed E-state index contributed by atoms with van der Waals surface area (Å²) in [5.74, 6) is 0.370. The molecule has 1 aromatic carbocycles. The molecule has 3 aliphatic rings. The lowest BCUT2D eigenvalue weighted by Crippen LogP contribution is -2.39. The van der Waals surface area contributed by atoms with Crippen molar-refractivity contribution in [2.24, 2.45) is 0 Å². The van der Waals surface area contributed by atoms with Gasteiger partial charge in [-0.25, -0.2) is 4.79 Å². The van der Waals surface area contributed by atoms with Gasteiger partial charge in [0.05, 0.1) is 35.3 Å². The number of anilines is 1. The van der Waals surface area contributed by atoms with Crippen LogP contribution in [0.3, 0.4) is 0 Å². The van der Waals surface area contributed by atoms with Crippen LogP contribution < -0.4 is 20.1 Å². The van der Waals surface area contributed by atoms with E-state index in [2.05, 4.69) is 10.6 Å². The topological polar surface area (TPSA) is 132 Å². The molecule has 2 aromatic rings. The molecule has 0 radical (unpaired) electrons. The van der Waals surface area contributed by atoms with Gasteiger partial charge < -0.3 is 29.7 Å². The average Bonchev–Trinajstić information content (AvgIpc) is 3.35. The third-order valence-electron chi connectivity index (χ3n) is 5.39. The molecule has 0 bridgehead atoms. The lowest BCUT2D eigenvalue weighted by molar-refractivity contribution is -0.385. The number of benzene rings is 1. The van der Waals surface area contributed by atoms with Crippen LogP contribution in [-0.4, -0.2) is 41.8 Å². The fourth-order valence-corrected chi connectivity index (χ4v) is 5.27. The predicted octanol–water partition coefficient (Wildman–Crippen LogP) is 2.75. The summed E-state index contributed by atoms with van der Waals surface area (Å²) in [5.41, 5.74) is 1.51. The van der Waals surface area contributed by atoms with Gasteiger partial charge in [-0.15, -0.1) is 11.3 Å². The van der Waals surface area contributed by atoms with Crippen LogP contribution in [0.15, 0.2) is 12.1 Å². The molecule has 3 aliphatic heterocycles. The summed E-state index contributed by atoms with van der Waals surface area (Å²) in [6.45, 7) is 2.85. The first kappa shape index (κ1) is 19.4. The van der Waals surface area contributed by atoms with E-state index in [0.717, 1.165) is 10.4 Å². The van der Waals surface area contributed by atoms with Gasteiger partial charge in [0, 0.05) is 11.4 Å². The quantitative estimate of drug-likeness (QED) is 0.543. The number of thiophene rings is 1. The van der Waals surface area contributed by atoms with Crippen molar-refractivity contribution in [3.05, 3.63) is 43.8 Å². The standard InChI is InChI=1S/C19H18N4O7S/c1-2-28-19(25)22-4-3-9-14(7-22)31-18-15(9)17(24)20-16(21-18)10-5-12-13(30-8-29-12)6-11(10)23(26)27/h5-6,16,21H,2-4,7-8H2,1H3,(H,20,24)/t16-/m0/s1. The molecule has 11 nitrogen and oxygen atoms in total. The highest BCUT2D eigenvalue weighted by molar-refractivity contribution is 7.16. The molecule has 0 aliphatic carbocycles. The number of fused-ring (bicyclic) bond motifs is 4. The van der Waals surface area contributed by atoms with E-state index in [1.807, 2.05) is 0 Å². The van der Waals surface area contributed by atoms with Gasteiger partial charge in [0.1, 0.15) is 11.2 Å². The number of hydrogen-bond donors (Lipinski definition) is 2. The number of amides is 2. The van der Waals surface area contributed by atoms with Crippen molar-refractivity contribution < 1.29 is 28.7 Å². The Morgan fingerprint density at radius 1 is 1.35 bits per heavy atom. The maximum Gasteiger partial charge on any atom is 0.410 e. The molecule has 5 rings (SSSR count). The second-order valence-electron chi connectivity index (χ2n) is 7.15. The lowest BCUT2D eigenvalue weighted by Gasteiger charge is -2.28. The Bertz CT molecular complexity index is 1120. The molecule has 0 unspecified atom stereocenters. The van der Waals surface area contributed by atoms with E-state index in [9.17, 15) is 19.7 Å². The smallest absolute Gasteiger partial charge is 0.410 e. The van der Waals surface area contributed by atoms with Gasteiger partial charge in [0.15, 0.2) is 11.5 Å². The molecule has 1 atom stereocenters.